The van der Waals surface area contributed by atoms with Gasteiger partial charge in [0, 0.05) is 6.54 Å². The number of carbonyl (C=O) groups excluding carboxylic acids is 3. The molecule has 1 heterocycles. The van der Waals surface area contributed by atoms with Crippen LogP contribution in [-0.2, 0) is 15.8 Å². The minimum Gasteiger partial charge on any atom is -0.459 e. The molecule has 2 rings (SSSR count). The molecule has 0 saturated heterocycles. The molecule has 0 spiro atoms. The van der Waals surface area contributed by atoms with Crippen LogP contribution in [-0.4, -0.2) is 42.3 Å². The monoisotopic (exact) mass is 397 g/mol. The molecule has 10 heteroatoms. The Kier molecular flexibility index (Phi) is 6.80. The van der Waals surface area contributed by atoms with Crippen LogP contribution < -0.4 is 10.6 Å². The number of hydrogen-bond donors (Lipinski definition) is 2. The number of para-hydroxylation sites is 1. The van der Waals surface area contributed by atoms with E-state index in [1.165, 1.54) is 30.5 Å². The fourth-order valence-electron chi connectivity index (χ4n) is 2.34. The van der Waals surface area contributed by atoms with E-state index >= 15 is 0 Å². The zero-order chi connectivity index (χ0) is 20.7. The highest BCUT2D eigenvalue weighted by molar-refractivity contribution is 5.97. The van der Waals surface area contributed by atoms with Gasteiger partial charge >= 0.3 is 6.18 Å². The molecule has 0 fully saturated rings. The molecule has 0 aliphatic heterocycles. The Morgan fingerprint density at radius 3 is 2.43 bits per heavy atom. The third-order valence-electron chi connectivity index (χ3n) is 3.72. The Bertz CT molecular complexity index is 835. The summed E-state index contributed by atoms with van der Waals surface area (Å²) in [6.45, 7) is 0.880. The molecular weight excluding hydrogens is 379 g/mol. The van der Waals surface area contributed by atoms with E-state index in [0.717, 1.165) is 17.0 Å². The predicted octanol–water partition coefficient (Wildman–Crippen LogP) is 2.52. The summed E-state index contributed by atoms with van der Waals surface area (Å²) in [5, 5.41) is 4.52. The molecule has 0 aliphatic carbocycles. The first-order valence-electron chi connectivity index (χ1n) is 8.28. The smallest absolute Gasteiger partial charge is 0.418 e. The van der Waals surface area contributed by atoms with Gasteiger partial charge in [0.2, 0.25) is 11.8 Å². The molecule has 0 radical (unpaired) electrons. The van der Waals surface area contributed by atoms with Gasteiger partial charge in [-0.2, -0.15) is 13.2 Å². The number of rotatable bonds is 7. The van der Waals surface area contributed by atoms with Gasteiger partial charge in [0.15, 0.2) is 5.76 Å². The van der Waals surface area contributed by atoms with Crippen molar-refractivity contribution >= 4 is 23.4 Å². The van der Waals surface area contributed by atoms with Crippen molar-refractivity contribution in [1.29, 1.82) is 0 Å². The number of benzene rings is 1. The normalized spacial score (nSPS) is 11.0. The SMILES string of the molecule is CCN(CC(=O)Nc1ccccc1C(F)(F)F)C(=O)CNC(=O)c1ccco1. The van der Waals surface area contributed by atoms with Crippen LogP contribution in [0.5, 0.6) is 0 Å². The standard InChI is InChI=1S/C18H18F3N3O4/c1-2-24(16(26)10-22-17(27)14-8-5-9-28-14)11-15(25)23-13-7-4-3-6-12(13)18(19,20)21/h3-9H,2,10-11H2,1H3,(H,22,27)(H,23,25). The van der Waals surface area contributed by atoms with E-state index in [0.29, 0.717) is 0 Å². The van der Waals surface area contributed by atoms with Gasteiger partial charge in [-0.15, -0.1) is 0 Å². The number of nitrogens with zero attached hydrogens (tertiary/aromatic N) is 1. The van der Waals surface area contributed by atoms with Gasteiger partial charge in [0.25, 0.3) is 5.91 Å². The molecule has 3 amide bonds. The lowest BCUT2D eigenvalue weighted by Gasteiger charge is -2.21. The first-order chi connectivity index (χ1) is 13.2. The zero-order valence-corrected chi connectivity index (χ0v) is 14.9. The summed E-state index contributed by atoms with van der Waals surface area (Å²) in [5.74, 6) is -1.93. The minimum atomic E-state index is -4.62. The quantitative estimate of drug-likeness (QED) is 0.751. The second-order valence-electron chi connectivity index (χ2n) is 5.66. The van der Waals surface area contributed by atoms with Gasteiger partial charge in [-0.25, -0.2) is 0 Å². The van der Waals surface area contributed by atoms with E-state index in [-0.39, 0.29) is 18.8 Å². The van der Waals surface area contributed by atoms with Crippen LogP contribution in [0.1, 0.15) is 23.0 Å². The van der Waals surface area contributed by atoms with E-state index in [1.807, 2.05) is 0 Å². The number of anilines is 1. The van der Waals surface area contributed by atoms with E-state index in [4.69, 9.17) is 4.42 Å². The maximum absolute atomic E-state index is 13.0. The van der Waals surface area contributed by atoms with Crippen LogP contribution in [0.25, 0.3) is 0 Å². The summed E-state index contributed by atoms with van der Waals surface area (Å²) in [6, 6.07) is 7.48. The van der Waals surface area contributed by atoms with Crippen LogP contribution in [0, 0.1) is 0 Å². The molecule has 7 nitrogen and oxygen atoms in total. The number of halogens is 3. The van der Waals surface area contributed by atoms with Crippen LogP contribution in [0.4, 0.5) is 18.9 Å². The highest BCUT2D eigenvalue weighted by Gasteiger charge is 2.33. The number of carbonyl (C=O) groups is 3. The average Bonchev–Trinajstić information content (AvgIpc) is 3.18. The van der Waals surface area contributed by atoms with Crippen LogP contribution in [0.2, 0.25) is 0 Å². The molecular formula is C18H18F3N3O4. The number of alkyl halides is 3. The Hall–Kier alpha value is -3.30. The topological polar surface area (TPSA) is 91.7 Å². The molecule has 2 aromatic rings. The number of amides is 3. The van der Waals surface area contributed by atoms with Crippen molar-refractivity contribution in [2.24, 2.45) is 0 Å². The van der Waals surface area contributed by atoms with Gasteiger partial charge in [0.1, 0.15) is 0 Å². The van der Waals surface area contributed by atoms with Crippen LogP contribution >= 0.6 is 0 Å². The fourth-order valence-corrected chi connectivity index (χ4v) is 2.34. The maximum Gasteiger partial charge on any atom is 0.418 e. The maximum atomic E-state index is 13.0. The molecule has 1 aromatic carbocycles. The Morgan fingerprint density at radius 1 is 1.11 bits per heavy atom. The Balaban J connectivity index is 1.94. The first-order valence-corrected chi connectivity index (χ1v) is 8.28. The molecule has 2 N–H and O–H groups in total. The highest BCUT2D eigenvalue weighted by Crippen LogP contribution is 2.34. The van der Waals surface area contributed by atoms with Gasteiger partial charge in [-0.1, -0.05) is 12.1 Å². The number of furan rings is 1. The summed E-state index contributed by atoms with van der Waals surface area (Å²) in [5.41, 5.74) is -1.38. The van der Waals surface area contributed by atoms with Crippen molar-refractivity contribution in [2.75, 3.05) is 25.0 Å². The summed E-state index contributed by atoms with van der Waals surface area (Å²) >= 11 is 0. The molecule has 0 bridgehead atoms. The molecule has 28 heavy (non-hydrogen) atoms. The first kappa shape index (κ1) is 21.0. The number of nitrogens with one attached hydrogen (secondary N) is 2. The lowest BCUT2D eigenvalue weighted by Crippen LogP contribution is -2.43. The number of likely N-dealkylation sites (N-methyl/N-ethyl adjacent to an activating group) is 1. The molecule has 150 valence electrons. The predicted molar refractivity (Wildman–Crippen MR) is 93.4 cm³/mol. The molecule has 0 atom stereocenters. The summed E-state index contributed by atoms with van der Waals surface area (Å²) in [6.07, 6.45) is -3.32. The Labute approximate surface area is 158 Å². The van der Waals surface area contributed by atoms with Gasteiger partial charge in [-0.05, 0) is 31.2 Å². The van der Waals surface area contributed by atoms with E-state index < -0.39 is 41.7 Å². The second kappa shape index (κ2) is 9.07. The van der Waals surface area contributed by atoms with Gasteiger partial charge in [0.05, 0.1) is 30.6 Å². The van der Waals surface area contributed by atoms with Crippen molar-refractivity contribution < 1.29 is 32.0 Å². The summed E-state index contributed by atoms with van der Waals surface area (Å²) in [7, 11) is 0. The Morgan fingerprint density at radius 2 is 1.82 bits per heavy atom. The molecule has 1 aromatic heterocycles. The van der Waals surface area contributed by atoms with Crippen molar-refractivity contribution in [3.63, 3.8) is 0 Å². The summed E-state index contributed by atoms with van der Waals surface area (Å²) < 4.78 is 43.8. The molecule has 0 aliphatic rings. The highest BCUT2D eigenvalue weighted by atomic mass is 19.4. The van der Waals surface area contributed by atoms with Crippen LogP contribution in [0.15, 0.2) is 47.1 Å². The zero-order valence-electron chi connectivity index (χ0n) is 14.9. The summed E-state index contributed by atoms with van der Waals surface area (Å²) in [4.78, 5) is 37.2. The minimum absolute atomic E-state index is 0.0253. The van der Waals surface area contributed by atoms with Crippen LogP contribution in [0.3, 0.4) is 0 Å². The van der Waals surface area contributed by atoms with E-state index in [9.17, 15) is 27.6 Å². The fraction of sp³-hybridized carbons (Fsp3) is 0.278. The van der Waals surface area contributed by atoms with Crippen molar-refractivity contribution in [3.8, 4) is 0 Å². The number of hydrogen-bond acceptors (Lipinski definition) is 4. The lowest BCUT2D eigenvalue weighted by molar-refractivity contribution is -0.137. The molecule has 0 unspecified atom stereocenters. The third-order valence-corrected chi connectivity index (χ3v) is 3.72. The largest absolute Gasteiger partial charge is 0.459 e. The lowest BCUT2D eigenvalue weighted by atomic mass is 10.1. The van der Waals surface area contributed by atoms with E-state index in [1.54, 1.807) is 6.92 Å². The third kappa shape index (κ3) is 5.60. The molecule has 0 saturated carbocycles. The van der Waals surface area contributed by atoms with Crippen molar-refractivity contribution in [2.45, 2.75) is 13.1 Å². The average molecular weight is 397 g/mol. The van der Waals surface area contributed by atoms with Crippen molar-refractivity contribution in [1.82, 2.24) is 10.2 Å². The van der Waals surface area contributed by atoms with E-state index in [2.05, 4.69) is 10.6 Å². The van der Waals surface area contributed by atoms with Crippen molar-refractivity contribution in [3.05, 3.63) is 54.0 Å². The van der Waals surface area contributed by atoms with Gasteiger partial charge in [-0.3, -0.25) is 14.4 Å². The van der Waals surface area contributed by atoms with Gasteiger partial charge < -0.3 is 20.0 Å². The second-order valence-corrected chi connectivity index (χ2v) is 5.66.